The van der Waals surface area contributed by atoms with Gasteiger partial charge in [-0.05, 0) is 76.0 Å². The van der Waals surface area contributed by atoms with Gasteiger partial charge in [0.2, 0.25) is 5.91 Å². The molecule has 3 aliphatic heterocycles. The van der Waals surface area contributed by atoms with Crippen molar-refractivity contribution in [3.63, 3.8) is 0 Å². The van der Waals surface area contributed by atoms with Gasteiger partial charge < -0.3 is 19.9 Å². The van der Waals surface area contributed by atoms with Crippen LogP contribution in [0.15, 0.2) is 18.2 Å². The predicted octanol–water partition coefficient (Wildman–Crippen LogP) is 4.07. The number of nitrogens with zero attached hydrogens (tertiary/aromatic N) is 3. The van der Waals surface area contributed by atoms with Gasteiger partial charge in [-0.15, -0.1) is 0 Å². The SMILES string of the molecule is O=C(CN1CCC(CN2CCCCCC2)CC1)Nc1cc(C(F)(F)F)ccc1N1CCOCC1. The number of carbonyl (C=O) groups excluding carboxylic acids is 1. The average Bonchev–Trinajstić information content (AvgIpc) is 3.09. The molecule has 0 atom stereocenters. The Morgan fingerprint density at radius 2 is 1.62 bits per heavy atom. The second-order valence-electron chi connectivity index (χ2n) is 9.81. The first-order chi connectivity index (χ1) is 16.4. The highest BCUT2D eigenvalue weighted by Gasteiger charge is 2.32. The van der Waals surface area contributed by atoms with E-state index in [0.717, 1.165) is 44.6 Å². The van der Waals surface area contributed by atoms with E-state index in [1.54, 1.807) is 0 Å². The van der Waals surface area contributed by atoms with Crippen molar-refractivity contribution >= 4 is 17.3 Å². The van der Waals surface area contributed by atoms with Gasteiger partial charge in [0.1, 0.15) is 0 Å². The Kier molecular flexibility index (Phi) is 8.71. The molecule has 0 radical (unpaired) electrons. The largest absolute Gasteiger partial charge is 0.416 e. The molecule has 1 N–H and O–H groups in total. The number of likely N-dealkylation sites (tertiary alicyclic amines) is 2. The molecule has 1 aromatic carbocycles. The number of alkyl halides is 3. The van der Waals surface area contributed by atoms with E-state index in [2.05, 4.69) is 15.1 Å². The number of ether oxygens (including phenoxy) is 1. The van der Waals surface area contributed by atoms with Gasteiger partial charge in [-0.3, -0.25) is 9.69 Å². The summed E-state index contributed by atoms with van der Waals surface area (Å²) in [6.45, 7) is 7.65. The van der Waals surface area contributed by atoms with Crippen LogP contribution in [0.5, 0.6) is 0 Å². The lowest BCUT2D eigenvalue weighted by Crippen LogP contribution is -2.42. The van der Waals surface area contributed by atoms with Crippen molar-refractivity contribution in [1.29, 1.82) is 0 Å². The normalized spacial score (nSPS) is 21.9. The molecule has 4 rings (SSSR count). The van der Waals surface area contributed by atoms with Crippen LogP contribution in [0.25, 0.3) is 0 Å². The second-order valence-corrected chi connectivity index (χ2v) is 9.81. The summed E-state index contributed by atoms with van der Waals surface area (Å²) in [6.07, 6.45) is 2.92. The second kappa shape index (κ2) is 11.7. The molecule has 1 amide bonds. The maximum Gasteiger partial charge on any atom is 0.416 e. The van der Waals surface area contributed by atoms with E-state index >= 15 is 0 Å². The molecule has 9 heteroatoms. The van der Waals surface area contributed by atoms with Crippen molar-refractivity contribution < 1.29 is 22.7 Å². The molecule has 1 aromatic rings. The third-order valence-corrected chi connectivity index (χ3v) is 7.24. The Bertz CT molecular complexity index is 798. The zero-order valence-corrected chi connectivity index (χ0v) is 19.9. The van der Waals surface area contributed by atoms with E-state index < -0.39 is 11.7 Å². The molecular formula is C25H37F3N4O2. The molecule has 6 nitrogen and oxygen atoms in total. The maximum atomic E-state index is 13.3. The molecule has 0 spiro atoms. The number of morpholine rings is 1. The van der Waals surface area contributed by atoms with Crippen molar-refractivity contribution in [2.75, 3.05) is 75.8 Å². The van der Waals surface area contributed by atoms with Crippen molar-refractivity contribution in [1.82, 2.24) is 9.80 Å². The summed E-state index contributed by atoms with van der Waals surface area (Å²) in [4.78, 5) is 19.5. The summed E-state index contributed by atoms with van der Waals surface area (Å²) >= 11 is 0. The molecule has 3 heterocycles. The van der Waals surface area contributed by atoms with Gasteiger partial charge in [0, 0.05) is 19.6 Å². The fraction of sp³-hybridized carbons (Fsp3) is 0.720. The van der Waals surface area contributed by atoms with E-state index in [4.69, 9.17) is 4.74 Å². The van der Waals surface area contributed by atoms with Gasteiger partial charge in [-0.1, -0.05) is 12.8 Å². The first-order valence-corrected chi connectivity index (χ1v) is 12.7. The number of nitrogens with one attached hydrogen (secondary N) is 1. The van der Waals surface area contributed by atoms with Crippen LogP contribution in [0.2, 0.25) is 0 Å². The summed E-state index contributed by atoms with van der Waals surface area (Å²) in [5, 5.41) is 2.78. The Morgan fingerprint density at radius 3 is 2.26 bits per heavy atom. The number of anilines is 2. The molecule has 34 heavy (non-hydrogen) atoms. The highest BCUT2D eigenvalue weighted by Crippen LogP contribution is 2.36. The van der Waals surface area contributed by atoms with Gasteiger partial charge in [0.05, 0.1) is 36.7 Å². The van der Waals surface area contributed by atoms with E-state index in [-0.39, 0.29) is 18.1 Å². The lowest BCUT2D eigenvalue weighted by atomic mass is 9.96. The van der Waals surface area contributed by atoms with Crippen LogP contribution < -0.4 is 10.2 Å². The van der Waals surface area contributed by atoms with Crippen LogP contribution in [0, 0.1) is 5.92 Å². The standard InChI is InChI=1S/C25H37F3N4O2/c26-25(27,28)21-5-6-23(32-13-15-34-16-14-32)22(17-21)29-24(33)19-31-11-7-20(8-12-31)18-30-9-3-1-2-4-10-30/h5-6,17,20H,1-4,7-16,18-19H2,(H,29,33). The van der Waals surface area contributed by atoms with Crippen molar-refractivity contribution in [3.8, 4) is 0 Å². The summed E-state index contributed by atoms with van der Waals surface area (Å²) in [5.41, 5.74) is 0.0766. The minimum Gasteiger partial charge on any atom is -0.378 e. The topological polar surface area (TPSA) is 48.1 Å². The van der Waals surface area contributed by atoms with E-state index in [1.165, 1.54) is 44.8 Å². The van der Waals surface area contributed by atoms with E-state index in [9.17, 15) is 18.0 Å². The van der Waals surface area contributed by atoms with Crippen LogP contribution in [0.3, 0.4) is 0 Å². The van der Waals surface area contributed by atoms with Crippen LogP contribution >= 0.6 is 0 Å². The monoisotopic (exact) mass is 482 g/mol. The molecule has 3 aliphatic rings. The molecular weight excluding hydrogens is 445 g/mol. The molecule has 0 aromatic heterocycles. The third-order valence-electron chi connectivity index (χ3n) is 7.24. The molecule has 0 unspecified atom stereocenters. The molecule has 0 bridgehead atoms. The number of amides is 1. The lowest BCUT2D eigenvalue weighted by molar-refractivity contribution is -0.137. The number of hydrogen-bond acceptors (Lipinski definition) is 5. The van der Waals surface area contributed by atoms with Gasteiger partial charge in [-0.25, -0.2) is 0 Å². The number of piperidine rings is 1. The summed E-state index contributed by atoms with van der Waals surface area (Å²) < 4.78 is 45.3. The fourth-order valence-corrected chi connectivity index (χ4v) is 5.30. The molecule has 0 saturated carbocycles. The summed E-state index contributed by atoms with van der Waals surface area (Å²) in [6, 6.07) is 3.59. The smallest absolute Gasteiger partial charge is 0.378 e. The quantitative estimate of drug-likeness (QED) is 0.663. The Balaban J connectivity index is 1.32. The minimum atomic E-state index is -4.46. The van der Waals surface area contributed by atoms with Crippen molar-refractivity contribution in [2.45, 2.75) is 44.7 Å². The maximum absolute atomic E-state index is 13.3. The minimum absolute atomic E-state index is 0.204. The number of hydrogen-bond donors (Lipinski definition) is 1. The van der Waals surface area contributed by atoms with E-state index in [0.29, 0.717) is 37.9 Å². The molecule has 3 fully saturated rings. The fourth-order valence-electron chi connectivity index (χ4n) is 5.30. The molecule has 3 saturated heterocycles. The highest BCUT2D eigenvalue weighted by molar-refractivity contribution is 5.95. The van der Waals surface area contributed by atoms with Gasteiger partial charge in [-0.2, -0.15) is 13.2 Å². The third kappa shape index (κ3) is 7.09. The van der Waals surface area contributed by atoms with Gasteiger partial charge in [0.15, 0.2) is 0 Å². The van der Waals surface area contributed by atoms with Crippen LogP contribution in [0.4, 0.5) is 24.5 Å². The summed E-state index contributed by atoms with van der Waals surface area (Å²) in [5.74, 6) is 0.397. The summed E-state index contributed by atoms with van der Waals surface area (Å²) in [7, 11) is 0. The van der Waals surface area contributed by atoms with Crippen molar-refractivity contribution in [2.24, 2.45) is 5.92 Å². The Hall–Kier alpha value is -1.84. The van der Waals surface area contributed by atoms with Gasteiger partial charge >= 0.3 is 6.18 Å². The first kappa shape index (κ1) is 25.3. The number of carbonyl (C=O) groups is 1. The predicted molar refractivity (Wildman–Crippen MR) is 127 cm³/mol. The zero-order valence-electron chi connectivity index (χ0n) is 19.9. The van der Waals surface area contributed by atoms with Crippen LogP contribution in [0.1, 0.15) is 44.1 Å². The van der Waals surface area contributed by atoms with Crippen molar-refractivity contribution in [3.05, 3.63) is 23.8 Å². The number of halogens is 3. The molecule has 190 valence electrons. The Labute approximate surface area is 200 Å². The average molecular weight is 483 g/mol. The van der Waals surface area contributed by atoms with E-state index in [1.807, 2.05) is 4.90 Å². The van der Waals surface area contributed by atoms with Crippen LogP contribution in [-0.4, -0.2) is 81.3 Å². The first-order valence-electron chi connectivity index (χ1n) is 12.7. The van der Waals surface area contributed by atoms with Gasteiger partial charge in [0.25, 0.3) is 0 Å². The zero-order chi connectivity index (χ0) is 24.0. The van der Waals surface area contributed by atoms with Crippen LogP contribution in [-0.2, 0) is 15.7 Å². The number of benzene rings is 1. The molecule has 0 aliphatic carbocycles. The Morgan fingerprint density at radius 1 is 0.941 bits per heavy atom. The lowest BCUT2D eigenvalue weighted by Gasteiger charge is -2.34. The number of rotatable bonds is 6. The highest BCUT2D eigenvalue weighted by atomic mass is 19.4.